The van der Waals surface area contributed by atoms with E-state index < -0.39 is 0 Å². The highest BCUT2D eigenvalue weighted by molar-refractivity contribution is 5.83. The lowest BCUT2D eigenvalue weighted by Crippen LogP contribution is -2.22. The van der Waals surface area contributed by atoms with Crippen LogP contribution < -0.4 is 4.74 Å². The maximum absolute atomic E-state index is 5.64. The van der Waals surface area contributed by atoms with E-state index in [9.17, 15) is 0 Å². The molecule has 3 aromatic rings. The number of rotatable bonds is 2. The first-order valence-electron chi connectivity index (χ1n) is 7.83. The van der Waals surface area contributed by atoms with E-state index in [1.165, 1.54) is 11.1 Å². The van der Waals surface area contributed by atoms with Crippen LogP contribution in [0.25, 0.3) is 22.3 Å². The van der Waals surface area contributed by atoms with Crippen molar-refractivity contribution in [1.82, 2.24) is 14.8 Å². The molecule has 0 fully saturated rings. The summed E-state index contributed by atoms with van der Waals surface area (Å²) in [6, 6.07) is 8.30. The Morgan fingerprint density at radius 1 is 1.13 bits per heavy atom. The number of hydrogen-bond acceptors (Lipinski definition) is 3. The summed E-state index contributed by atoms with van der Waals surface area (Å²) in [5, 5.41) is 4.52. The quantitative estimate of drug-likeness (QED) is 0.701. The molecule has 2 heterocycles. The molecule has 120 valence electrons. The number of pyridine rings is 1. The van der Waals surface area contributed by atoms with Gasteiger partial charge in [0.1, 0.15) is 17.0 Å². The molecule has 0 unspecified atom stereocenters. The second-order valence-corrected chi connectivity index (χ2v) is 6.92. The van der Waals surface area contributed by atoms with Crippen molar-refractivity contribution in [3.63, 3.8) is 0 Å². The molecule has 0 amide bonds. The van der Waals surface area contributed by atoms with Crippen LogP contribution in [0.4, 0.5) is 0 Å². The van der Waals surface area contributed by atoms with Crippen molar-refractivity contribution in [3.8, 4) is 17.0 Å². The molecular weight excluding hydrogens is 286 g/mol. The molecule has 0 atom stereocenters. The molecule has 2 aromatic heterocycles. The number of nitrogens with zero attached hydrogens (tertiary/aromatic N) is 3. The largest absolute Gasteiger partial charge is 0.494 e. The summed E-state index contributed by atoms with van der Waals surface area (Å²) in [7, 11) is 1.69. The van der Waals surface area contributed by atoms with Crippen molar-refractivity contribution in [2.75, 3.05) is 7.11 Å². The molecule has 23 heavy (non-hydrogen) atoms. The Bertz CT molecular complexity index is 872. The minimum Gasteiger partial charge on any atom is -0.494 e. The fraction of sp³-hybridized carbons (Fsp3) is 0.368. The molecule has 0 saturated carbocycles. The van der Waals surface area contributed by atoms with Gasteiger partial charge in [-0.15, -0.1) is 0 Å². The molecule has 0 bridgehead atoms. The molecule has 4 heteroatoms. The third-order valence-electron chi connectivity index (χ3n) is 4.23. The zero-order chi connectivity index (χ0) is 16.8. The predicted molar refractivity (Wildman–Crippen MR) is 94.0 cm³/mol. The van der Waals surface area contributed by atoms with Gasteiger partial charge >= 0.3 is 0 Å². The minimum absolute atomic E-state index is 0.102. The maximum atomic E-state index is 5.64. The Morgan fingerprint density at radius 3 is 2.52 bits per heavy atom. The zero-order valence-corrected chi connectivity index (χ0v) is 14.6. The Balaban J connectivity index is 2.29. The average Bonchev–Trinajstić information content (AvgIpc) is 2.91. The van der Waals surface area contributed by atoms with Gasteiger partial charge in [0.25, 0.3) is 0 Å². The van der Waals surface area contributed by atoms with Gasteiger partial charge in [0.15, 0.2) is 0 Å². The number of ether oxygens (including phenoxy) is 1. The highest BCUT2D eigenvalue weighted by Crippen LogP contribution is 2.35. The van der Waals surface area contributed by atoms with Crippen LogP contribution in [0, 0.1) is 13.8 Å². The summed E-state index contributed by atoms with van der Waals surface area (Å²) in [4.78, 5) is 4.84. The van der Waals surface area contributed by atoms with E-state index in [4.69, 9.17) is 9.72 Å². The smallest absolute Gasteiger partial charge is 0.147 e. The maximum Gasteiger partial charge on any atom is 0.147 e. The van der Waals surface area contributed by atoms with Crippen LogP contribution in [0.3, 0.4) is 0 Å². The first-order chi connectivity index (χ1) is 10.8. The van der Waals surface area contributed by atoms with Crippen molar-refractivity contribution >= 4 is 11.0 Å². The standard InChI is InChI=1S/C19H23N3O/c1-12-8-7-9-14(13(12)2)18-17(23-6)10-16-15(21-18)11-20-22(16)19(3,4)5/h7-11H,1-6H3. The van der Waals surface area contributed by atoms with Crippen LogP contribution in [-0.4, -0.2) is 21.9 Å². The zero-order valence-electron chi connectivity index (χ0n) is 14.6. The summed E-state index contributed by atoms with van der Waals surface area (Å²) in [5.74, 6) is 0.775. The van der Waals surface area contributed by atoms with Gasteiger partial charge in [-0.3, -0.25) is 4.68 Å². The van der Waals surface area contributed by atoms with Crippen LogP contribution in [-0.2, 0) is 5.54 Å². The fourth-order valence-corrected chi connectivity index (χ4v) is 2.83. The highest BCUT2D eigenvalue weighted by atomic mass is 16.5. The summed E-state index contributed by atoms with van der Waals surface area (Å²) < 4.78 is 7.63. The first kappa shape index (κ1) is 15.5. The SMILES string of the molecule is COc1cc2c(cnn2C(C)(C)C)nc1-c1cccc(C)c1C. The van der Waals surface area contributed by atoms with Crippen molar-refractivity contribution in [1.29, 1.82) is 0 Å². The summed E-state index contributed by atoms with van der Waals surface area (Å²) in [6.45, 7) is 10.6. The third-order valence-corrected chi connectivity index (χ3v) is 4.23. The van der Waals surface area contributed by atoms with Crippen LogP contribution >= 0.6 is 0 Å². The molecule has 0 aliphatic carbocycles. The summed E-state index contributed by atoms with van der Waals surface area (Å²) in [6.07, 6.45) is 1.83. The van der Waals surface area contributed by atoms with E-state index in [0.29, 0.717) is 0 Å². The molecule has 1 aromatic carbocycles. The average molecular weight is 309 g/mol. The molecule has 0 aliphatic heterocycles. The Morgan fingerprint density at radius 2 is 1.87 bits per heavy atom. The highest BCUT2D eigenvalue weighted by Gasteiger charge is 2.20. The molecule has 4 nitrogen and oxygen atoms in total. The fourth-order valence-electron chi connectivity index (χ4n) is 2.83. The Labute approximate surface area is 137 Å². The molecule has 0 aliphatic rings. The van der Waals surface area contributed by atoms with E-state index in [1.54, 1.807) is 7.11 Å². The van der Waals surface area contributed by atoms with Gasteiger partial charge in [0.05, 0.1) is 24.4 Å². The number of methoxy groups -OCH3 is 1. The van der Waals surface area contributed by atoms with Crippen molar-refractivity contribution in [2.45, 2.75) is 40.2 Å². The number of hydrogen-bond donors (Lipinski definition) is 0. The lowest BCUT2D eigenvalue weighted by molar-refractivity contribution is 0.367. The van der Waals surface area contributed by atoms with Gasteiger partial charge < -0.3 is 4.74 Å². The molecular formula is C19H23N3O. The lowest BCUT2D eigenvalue weighted by Gasteiger charge is -2.21. The minimum atomic E-state index is -0.102. The number of aromatic nitrogens is 3. The van der Waals surface area contributed by atoms with E-state index in [-0.39, 0.29) is 5.54 Å². The normalized spacial score (nSPS) is 11.9. The summed E-state index contributed by atoms with van der Waals surface area (Å²) >= 11 is 0. The number of aryl methyl sites for hydroxylation is 1. The van der Waals surface area contributed by atoms with Crippen LogP contribution in [0.5, 0.6) is 5.75 Å². The van der Waals surface area contributed by atoms with Gasteiger partial charge in [-0.1, -0.05) is 18.2 Å². The van der Waals surface area contributed by atoms with E-state index in [0.717, 1.165) is 28.0 Å². The van der Waals surface area contributed by atoms with E-state index in [2.05, 4.69) is 57.9 Å². The first-order valence-corrected chi connectivity index (χ1v) is 7.83. The topological polar surface area (TPSA) is 39.9 Å². The monoisotopic (exact) mass is 309 g/mol. The number of fused-ring (bicyclic) bond motifs is 1. The van der Waals surface area contributed by atoms with Crippen molar-refractivity contribution in [2.24, 2.45) is 0 Å². The van der Waals surface area contributed by atoms with Crippen molar-refractivity contribution < 1.29 is 4.74 Å². The molecule has 0 saturated heterocycles. The van der Waals surface area contributed by atoms with Gasteiger partial charge in [0.2, 0.25) is 0 Å². The van der Waals surface area contributed by atoms with Crippen LogP contribution in [0.15, 0.2) is 30.5 Å². The molecule has 0 N–H and O–H groups in total. The summed E-state index contributed by atoms with van der Waals surface area (Å²) in [5.41, 5.74) is 6.22. The van der Waals surface area contributed by atoms with Gasteiger partial charge in [-0.05, 0) is 45.7 Å². The Kier molecular flexibility index (Phi) is 3.63. The van der Waals surface area contributed by atoms with E-state index in [1.807, 2.05) is 16.9 Å². The molecule has 0 spiro atoms. The lowest BCUT2D eigenvalue weighted by atomic mass is 10.00. The second-order valence-electron chi connectivity index (χ2n) is 6.92. The molecule has 0 radical (unpaired) electrons. The van der Waals surface area contributed by atoms with Gasteiger partial charge in [-0.2, -0.15) is 5.10 Å². The third kappa shape index (κ3) is 2.58. The number of benzene rings is 1. The Hall–Kier alpha value is -2.36. The van der Waals surface area contributed by atoms with Gasteiger partial charge in [0, 0.05) is 11.6 Å². The van der Waals surface area contributed by atoms with Crippen molar-refractivity contribution in [3.05, 3.63) is 41.6 Å². The van der Waals surface area contributed by atoms with Crippen LogP contribution in [0.1, 0.15) is 31.9 Å². The second kappa shape index (κ2) is 5.37. The van der Waals surface area contributed by atoms with Crippen LogP contribution in [0.2, 0.25) is 0 Å². The van der Waals surface area contributed by atoms with E-state index >= 15 is 0 Å². The molecule has 3 rings (SSSR count). The van der Waals surface area contributed by atoms with Gasteiger partial charge in [-0.25, -0.2) is 4.98 Å². The predicted octanol–water partition coefficient (Wildman–Crippen LogP) is 4.48.